The molecule has 0 fully saturated rings. The molecule has 1 aliphatic rings. The maximum Gasteiger partial charge on any atom is 0.166 e. The van der Waals surface area contributed by atoms with Crippen LogP contribution in [-0.4, -0.2) is 12.9 Å². The first-order chi connectivity index (χ1) is 6.72. The topological polar surface area (TPSA) is 26.3 Å². The van der Waals surface area contributed by atoms with E-state index in [4.69, 9.17) is 4.74 Å². The predicted octanol–water partition coefficient (Wildman–Crippen LogP) is 2.21. The standard InChI is InChI=1S/C12H14O2/c1-8-5-10-4-3-9(7-14-2)6-11(10)12(8)13/h3-4,6,8H,5,7H2,1-2H3. The van der Waals surface area contributed by atoms with Crippen molar-refractivity contribution < 1.29 is 9.53 Å². The molecule has 2 heteroatoms. The molecule has 74 valence electrons. The van der Waals surface area contributed by atoms with Crippen LogP contribution in [0.2, 0.25) is 0 Å². The van der Waals surface area contributed by atoms with Gasteiger partial charge in [-0.1, -0.05) is 19.1 Å². The van der Waals surface area contributed by atoms with E-state index in [1.807, 2.05) is 25.1 Å². The van der Waals surface area contributed by atoms with Crippen molar-refractivity contribution in [3.05, 3.63) is 34.9 Å². The number of ketones is 1. The summed E-state index contributed by atoms with van der Waals surface area (Å²) in [5.41, 5.74) is 3.16. The van der Waals surface area contributed by atoms with Crippen LogP contribution in [0.3, 0.4) is 0 Å². The van der Waals surface area contributed by atoms with Gasteiger partial charge in [-0.2, -0.15) is 0 Å². The molecular formula is C12H14O2. The first-order valence-electron chi connectivity index (χ1n) is 4.87. The second-order valence-corrected chi connectivity index (χ2v) is 3.89. The first-order valence-corrected chi connectivity index (χ1v) is 4.87. The highest BCUT2D eigenvalue weighted by Gasteiger charge is 2.26. The summed E-state index contributed by atoms with van der Waals surface area (Å²) in [6, 6.07) is 6.05. The van der Waals surface area contributed by atoms with E-state index in [2.05, 4.69) is 0 Å². The molecule has 2 nitrogen and oxygen atoms in total. The van der Waals surface area contributed by atoms with E-state index in [9.17, 15) is 4.79 Å². The lowest BCUT2D eigenvalue weighted by Gasteiger charge is -2.02. The van der Waals surface area contributed by atoms with Crippen molar-refractivity contribution in [2.24, 2.45) is 5.92 Å². The lowest BCUT2D eigenvalue weighted by Crippen LogP contribution is -2.03. The van der Waals surface area contributed by atoms with E-state index >= 15 is 0 Å². The van der Waals surface area contributed by atoms with E-state index < -0.39 is 0 Å². The number of methoxy groups -OCH3 is 1. The number of carbonyl (C=O) groups is 1. The molecule has 0 bridgehead atoms. The van der Waals surface area contributed by atoms with Gasteiger partial charge in [-0.15, -0.1) is 0 Å². The summed E-state index contributed by atoms with van der Waals surface area (Å²) in [5, 5.41) is 0. The van der Waals surface area contributed by atoms with Gasteiger partial charge in [0.25, 0.3) is 0 Å². The second kappa shape index (κ2) is 3.54. The van der Waals surface area contributed by atoms with Crippen LogP contribution in [0.25, 0.3) is 0 Å². The quantitative estimate of drug-likeness (QED) is 0.714. The Morgan fingerprint density at radius 1 is 1.50 bits per heavy atom. The molecule has 0 spiro atoms. The third kappa shape index (κ3) is 1.46. The molecule has 0 radical (unpaired) electrons. The van der Waals surface area contributed by atoms with E-state index in [0.717, 1.165) is 17.5 Å². The summed E-state index contributed by atoms with van der Waals surface area (Å²) >= 11 is 0. The number of ether oxygens (including phenoxy) is 1. The minimum absolute atomic E-state index is 0.155. The summed E-state index contributed by atoms with van der Waals surface area (Å²) in [6.45, 7) is 2.56. The van der Waals surface area contributed by atoms with Crippen molar-refractivity contribution in [2.45, 2.75) is 20.0 Å². The van der Waals surface area contributed by atoms with Crippen molar-refractivity contribution in [3.63, 3.8) is 0 Å². The Balaban J connectivity index is 2.36. The molecule has 1 atom stereocenters. The minimum atomic E-state index is 0.155. The average molecular weight is 190 g/mol. The number of rotatable bonds is 2. The fraction of sp³-hybridized carbons (Fsp3) is 0.417. The fourth-order valence-corrected chi connectivity index (χ4v) is 1.98. The molecule has 2 rings (SSSR count). The first kappa shape index (κ1) is 9.41. The predicted molar refractivity (Wildman–Crippen MR) is 54.4 cm³/mol. The summed E-state index contributed by atoms with van der Waals surface area (Å²) in [6.07, 6.45) is 0.890. The Morgan fingerprint density at radius 2 is 2.29 bits per heavy atom. The highest BCUT2D eigenvalue weighted by Crippen LogP contribution is 2.27. The minimum Gasteiger partial charge on any atom is -0.380 e. The van der Waals surface area contributed by atoms with Gasteiger partial charge in [0.05, 0.1) is 6.61 Å². The largest absolute Gasteiger partial charge is 0.380 e. The number of fused-ring (bicyclic) bond motifs is 1. The molecular weight excluding hydrogens is 176 g/mol. The van der Waals surface area contributed by atoms with Crippen molar-refractivity contribution >= 4 is 5.78 Å². The Kier molecular flexibility index (Phi) is 2.38. The van der Waals surface area contributed by atoms with Crippen LogP contribution in [0.4, 0.5) is 0 Å². The van der Waals surface area contributed by atoms with Gasteiger partial charge in [0.1, 0.15) is 0 Å². The molecule has 1 aliphatic carbocycles. The molecule has 1 aromatic rings. The van der Waals surface area contributed by atoms with E-state index in [0.29, 0.717) is 6.61 Å². The maximum atomic E-state index is 11.7. The zero-order chi connectivity index (χ0) is 10.1. The van der Waals surface area contributed by atoms with Gasteiger partial charge < -0.3 is 4.74 Å². The monoisotopic (exact) mass is 190 g/mol. The fourth-order valence-electron chi connectivity index (χ4n) is 1.98. The Labute approximate surface area is 83.9 Å². The summed E-state index contributed by atoms with van der Waals surface area (Å²) < 4.78 is 5.04. The smallest absolute Gasteiger partial charge is 0.166 e. The number of Topliss-reactive ketones (excluding diaryl/α,β-unsaturated/α-hetero) is 1. The molecule has 0 heterocycles. The second-order valence-electron chi connectivity index (χ2n) is 3.89. The van der Waals surface area contributed by atoms with Gasteiger partial charge in [-0.25, -0.2) is 0 Å². The van der Waals surface area contributed by atoms with E-state index in [1.165, 1.54) is 5.56 Å². The molecule has 0 aromatic heterocycles. The third-order valence-electron chi connectivity index (χ3n) is 2.72. The van der Waals surface area contributed by atoms with Crippen LogP contribution >= 0.6 is 0 Å². The van der Waals surface area contributed by atoms with Crippen molar-refractivity contribution in [1.82, 2.24) is 0 Å². The van der Waals surface area contributed by atoms with Crippen molar-refractivity contribution in [2.75, 3.05) is 7.11 Å². The van der Waals surface area contributed by atoms with Crippen molar-refractivity contribution in [1.29, 1.82) is 0 Å². The lowest BCUT2D eigenvalue weighted by molar-refractivity contribution is 0.0946. The highest BCUT2D eigenvalue weighted by molar-refractivity contribution is 6.02. The lowest BCUT2D eigenvalue weighted by atomic mass is 10.1. The van der Waals surface area contributed by atoms with Gasteiger partial charge in [-0.3, -0.25) is 4.79 Å². The molecule has 0 aliphatic heterocycles. The van der Waals surface area contributed by atoms with E-state index in [1.54, 1.807) is 7.11 Å². The van der Waals surface area contributed by atoms with Gasteiger partial charge in [0, 0.05) is 18.6 Å². The van der Waals surface area contributed by atoms with Gasteiger partial charge in [0.2, 0.25) is 0 Å². The molecule has 1 aromatic carbocycles. The van der Waals surface area contributed by atoms with Crippen LogP contribution in [-0.2, 0) is 17.8 Å². The highest BCUT2D eigenvalue weighted by atomic mass is 16.5. The zero-order valence-corrected chi connectivity index (χ0v) is 8.54. The number of benzene rings is 1. The normalized spacial score (nSPS) is 19.9. The number of carbonyl (C=O) groups excluding carboxylic acids is 1. The van der Waals surface area contributed by atoms with Crippen LogP contribution in [0.1, 0.15) is 28.4 Å². The van der Waals surface area contributed by atoms with Crippen LogP contribution in [0.5, 0.6) is 0 Å². The molecule has 0 amide bonds. The van der Waals surface area contributed by atoms with Crippen molar-refractivity contribution in [3.8, 4) is 0 Å². The summed E-state index contributed by atoms with van der Waals surface area (Å²) in [5.74, 6) is 0.431. The van der Waals surface area contributed by atoms with Gasteiger partial charge in [-0.05, 0) is 23.6 Å². The molecule has 14 heavy (non-hydrogen) atoms. The van der Waals surface area contributed by atoms with Gasteiger partial charge >= 0.3 is 0 Å². The molecule has 0 saturated heterocycles. The average Bonchev–Trinajstić information content (AvgIpc) is 2.45. The SMILES string of the molecule is COCc1ccc2c(c1)C(=O)C(C)C2. The Hall–Kier alpha value is -1.15. The number of hydrogen-bond donors (Lipinski definition) is 0. The molecule has 0 saturated carbocycles. The van der Waals surface area contributed by atoms with Crippen LogP contribution in [0.15, 0.2) is 18.2 Å². The molecule has 0 N–H and O–H groups in total. The zero-order valence-electron chi connectivity index (χ0n) is 8.54. The molecule has 1 unspecified atom stereocenters. The van der Waals surface area contributed by atoms with Crippen LogP contribution < -0.4 is 0 Å². The Bertz CT molecular complexity index is 369. The summed E-state index contributed by atoms with van der Waals surface area (Å²) in [4.78, 5) is 11.7. The Morgan fingerprint density at radius 3 is 3.00 bits per heavy atom. The third-order valence-corrected chi connectivity index (χ3v) is 2.72. The summed E-state index contributed by atoms with van der Waals surface area (Å²) in [7, 11) is 1.66. The number of hydrogen-bond acceptors (Lipinski definition) is 2. The maximum absolute atomic E-state index is 11.7. The van der Waals surface area contributed by atoms with Gasteiger partial charge in [0.15, 0.2) is 5.78 Å². The van der Waals surface area contributed by atoms with E-state index in [-0.39, 0.29) is 11.7 Å². The van der Waals surface area contributed by atoms with Crippen LogP contribution in [0, 0.1) is 5.92 Å².